The van der Waals surface area contributed by atoms with Crippen molar-refractivity contribution < 1.29 is 19.0 Å². The Kier molecular flexibility index (Phi) is 5.63. The van der Waals surface area contributed by atoms with Crippen LogP contribution in [0.2, 0.25) is 10.0 Å². The van der Waals surface area contributed by atoms with Gasteiger partial charge in [-0.3, -0.25) is 4.79 Å². The minimum atomic E-state index is -0.394. The minimum Gasteiger partial charge on any atom is -0.486 e. The fraction of sp³-hybridized carbons (Fsp3) is 0.176. The molecule has 0 bridgehead atoms. The summed E-state index contributed by atoms with van der Waals surface area (Å²) < 4.78 is 16.2. The number of carbonyl (C=O) groups excluding carboxylic acids is 1. The second kappa shape index (κ2) is 8.09. The van der Waals surface area contributed by atoms with E-state index in [-0.39, 0.29) is 6.61 Å². The monoisotopic (exact) mass is 380 g/mol. The summed E-state index contributed by atoms with van der Waals surface area (Å²) in [5, 5.41) is 4.90. The molecule has 0 aromatic heterocycles. The Balaban J connectivity index is 1.53. The van der Waals surface area contributed by atoms with Crippen molar-refractivity contribution in [3.8, 4) is 17.2 Å². The smallest absolute Gasteiger partial charge is 0.277 e. The molecule has 3 rings (SSSR count). The van der Waals surface area contributed by atoms with E-state index < -0.39 is 5.91 Å². The van der Waals surface area contributed by atoms with Gasteiger partial charge in [-0.25, -0.2) is 5.43 Å². The Morgan fingerprint density at radius 3 is 2.76 bits per heavy atom. The molecule has 6 nitrogen and oxygen atoms in total. The Labute approximate surface area is 154 Å². The first-order valence-corrected chi connectivity index (χ1v) is 8.17. The first kappa shape index (κ1) is 17.4. The van der Waals surface area contributed by atoms with Gasteiger partial charge >= 0.3 is 0 Å². The van der Waals surface area contributed by atoms with Gasteiger partial charge in [0.25, 0.3) is 5.91 Å². The Hall–Kier alpha value is -2.44. The number of carbonyl (C=O) groups is 1. The van der Waals surface area contributed by atoms with Gasteiger partial charge in [0.05, 0.1) is 11.2 Å². The summed E-state index contributed by atoms with van der Waals surface area (Å²) in [6, 6.07) is 10.1. The highest BCUT2D eigenvalue weighted by Crippen LogP contribution is 2.37. The first-order chi connectivity index (χ1) is 12.1. The van der Waals surface area contributed by atoms with E-state index >= 15 is 0 Å². The summed E-state index contributed by atoms with van der Waals surface area (Å²) in [4.78, 5) is 11.7. The SMILES string of the molecule is O=C(COc1ccc(Cl)cc1)N/N=C\c1cc(Cl)c2c(c1)OCCO2. The van der Waals surface area contributed by atoms with Gasteiger partial charge in [0.2, 0.25) is 0 Å². The number of halogens is 2. The summed E-state index contributed by atoms with van der Waals surface area (Å²) in [5.41, 5.74) is 3.05. The van der Waals surface area contributed by atoms with E-state index in [1.165, 1.54) is 6.21 Å². The number of benzene rings is 2. The van der Waals surface area contributed by atoms with E-state index in [1.807, 2.05) is 0 Å². The molecule has 0 spiro atoms. The van der Waals surface area contributed by atoms with Crippen molar-refractivity contribution in [3.63, 3.8) is 0 Å². The van der Waals surface area contributed by atoms with Crippen molar-refractivity contribution in [1.29, 1.82) is 0 Å². The van der Waals surface area contributed by atoms with E-state index in [0.29, 0.717) is 46.1 Å². The second-order valence-electron chi connectivity index (χ2n) is 5.06. The molecule has 1 aliphatic rings. The number of hydrogen-bond acceptors (Lipinski definition) is 5. The van der Waals surface area contributed by atoms with Crippen LogP contribution in [0.25, 0.3) is 0 Å². The third-order valence-corrected chi connectivity index (χ3v) is 3.74. The fourth-order valence-corrected chi connectivity index (χ4v) is 2.50. The quantitative estimate of drug-likeness (QED) is 0.638. The third-order valence-electron chi connectivity index (χ3n) is 3.21. The number of hydrogen-bond donors (Lipinski definition) is 1. The van der Waals surface area contributed by atoms with Crippen molar-refractivity contribution >= 4 is 35.3 Å². The lowest BCUT2D eigenvalue weighted by molar-refractivity contribution is -0.123. The van der Waals surface area contributed by atoms with Crippen LogP contribution in [-0.4, -0.2) is 31.9 Å². The van der Waals surface area contributed by atoms with Crippen LogP contribution in [0.5, 0.6) is 17.2 Å². The number of nitrogens with one attached hydrogen (secondary N) is 1. The van der Waals surface area contributed by atoms with Gasteiger partial charge in [-0.2, -0.15) is 5.10 Å². The number of ether oxygens (including phenoxy) is 3. The third kappa shape index (κ3) is 4.78. The van der Waals surface area contributed by atoms with E-state index in [2.05, 4.69) is 10.5 Å². The predicted molar refractivity (Wildman–Crippen MR) is 95.1 cm³/mol. The molecule has 0 atom stereocenters. The molecule has 1 N–H and O–H groups in total. The Bertz CT molecular complexity index is 794. The van der Waals surface area contributed by atoms with E-state index in [9.17, 15) is 4.79 Å². The number of amides is 1. The molecule has 130 valence electrons. The Morgan fingerprint density at radius 1 is 1.20 bits per heavy atom. The van der Waals surface area contributed by atoms with Crippen LogP contribution in [0.4, 0.5) is 0 Å². The van der Waals surface area contributed by atoms with E-state index in [1.54, 1.807) is 36.4 Å². The van der Waals surface area contributed by atoms with Crippen LogP contribution < -0.4 is 19.6 Å². The van der Waals surface area contributed by atoms with Crippen LogP contribution >= 0.6 is 23.2 Å². The van der Waals surface area contributed by atoms with E-state index in [0.717, 1.165) is 0 Å². The summed E-state index contributed by atoms with van der Waals surface area (Å²) in [6.07, 6.45) is 1.46. The maximum absolute atomic E-state index is 11.7. The normalized spacial score (nSPS) is 12.9. The van der Waals surface area contributed by atoms with Crippen molar-refractivity contribution in [1.82, 2.24) is 5.43 Å². The van der Waals surface area contributed by atoms with Gasteiger partial charge in [-0.15, -0.1) is 0 Å². The molecule has 8 heteroatoms. The highest BCUT2D eigenvalue weighted by atomic mass is 35.5. The maximum Gasteiger partial charge on any atom is 0.277 e. The summed E-state index contributed by atoms with van der Waals surface area (Å²) >= 11 is 11.9. The molecule has 0 fully saturated rings. The molecular formula is C17H14Cl2N2O4. The molecule has 0 aliphatic carbocycles. The summed E-state index contributed by atoms with van der Waals surface area (Å²) in [5.74, 6) is 1.22. The average Bonchev–Trinajstić information content (AvgIpc) is 2.61. The Morgan fingerprint density at radius 2 is 1.96 bits per heavy atom. The van der Waals surface area contributed by atoms with Crippen molar-refractivity contribution in [2.24, 2.45) is 5.10 Å². The van der Waals surface area contributed by atoms with Crippen molar-refractivity contribution in [2.45, 2.75) is 0 Å². The number of fused-ring (bicyclic) bond motifs is 1. The van der Waals surface area contributed by atoms with Gasteiger partial charge in [-0.05, 0) is 42.0 Å². The van der Waals surface area contributed by atoms with Gasteiger partial charge in [0.1, 0.15) is 19.0 Å². The highest BCUT2D eigenvalue weighted by Gasteiger charge is 2.16. The van der Waals surface area contributed by atoms with Crippen molar-refractivity contribution in [3.05, 3.63) is 52.0 Å². The van der Waals surface area contributed by atoms with Crippen LogP contribution in [0.15, 0.2) is 41.5 Å². The molecule has 2 aromatic rings. The number of hydrazone groups is 1. The van der Waals surface area contributed by atoms with Crippen molar-refractivity contribution in [2.75, 3.05) is 19.8 Å². The molecule has 1 amide bonds. The summed E-state index contributed by atoms with van der Waals surface area (Å²) in [7, 11) is 0. The van der Waals surface area contributed by atoms with E-state index in [4.69, 9.17) is 37.4 Å². The fourth-order valence-electron chi connectivity index (χ4n) is 2.10. The zero-order valence-electron chi connectivity index (χ0n) is 13.0. The highest BCUT2D eigenvalue weighted by molar-refractivity contribution is 6.32. The summed E-state index contributed by atoms with van der Waals surface area (Å²) in [6.45, 7) is 0.757. The molecule has 0 unspecified atom stereocenters. The van der Waals surface area contributed by atoms with Crippen LogP contribution in [0.3, 0.4) is 0 Å². The molecule has 2 aromatic carbocycles. The zero-order chi connectivity index (χ0) is 17.6. The lowest BCUT2D eigenvalue weighted by Gasteiger charge is -2.19. The molecule has 0 saturated heterocycles. The van der Waals surface area contributed by atoms with Crippen LogP contribution in [0, 0.1) is 0 Å². The number of nitrogens with zero attached hydrogens (tertiary/aromatic N) is 1. The molecular weight excluding hydrogens is 367 g/mol. The van der Waals surface area contributed by atoms with Crippen LogP contribution in [-0.2, 0) is 4.79 Å². The maximum atomic E-state index is 11.7. The lowest BCUT2D eigenvalue weighted by atomic mass is 10.2. The molecule has 0 saturated carbocycles. The van der Waals surface area contributed by atoms with Crippen LogP contribution in [0.1, 0.15) is 5.56 Å². The largest absolute Gasteiger partial charge is 0.486 e. The predicted octanol–water partition coefficient (Wildman–Crippen LogP) is 3.29. The second-order valence-corrected chi connectivity index (χ2v) is 5.91. The minimum absolute atomic E-state index is 0.166. The zero-order valence-corrected chi connectivity index (χ0v) is 14.5. The number of rotatable bonds is 5. The van der Waals surface area contributed by atoms with Gasteiger partial charge < -0.3 is 14.2 Å². The lowest BCUT2D eigenvalue weighted by Crippen LogP contribution is -2.24. The molecule has 25 heavy (non-hydrogen) atoms. The van der Waals surface area contributed by atoms with Gasteiger partial charge in [-0.1, -0.05) is 23.2 Å². The first-order valence-electron chi connectivity index (χ1n) is 7.41. The molecule has 1 heterocycles. The standard InChI is InChI=1S/C17H14Cl2N2O4/c18-12-1-3-13(4-2-12)25-10-16(22)21-20-9-11-7-14(19)17-15(8-11)23-5-6-24-17/h1-4,7-9H,5-6,10H2,(H,21,22)/b20-9-. The average molecular weight is 381 g/mol. The molecule has 1 aliphatic heterocycles. The topological polar surface area (TPSA) is 69.2 Å². The van der Waals surface area contributed by atoms with Gasteiger partial charge in [0, 0.05) is 5.02 Å². The molecule has 0 radical (unpaired) electrons. The van der Waals surface area contributed by atoms with Gasteiger partial charge in [0.15, 0.2) is 18.1 Å².